The minimum Gasteiger partial charge on any atom is -0.346 e. The van der Waals surface area contributed by atoms with E-state index in [9.17, 15) is 9.59 Å². The second kappa shape index (κ2) is 5.24. The van der Waals surface area contributed by atoms with E-state index in [0.717, 1.165) is 11.4 Å². The highest BCUT2D eigenvalue weighted by atomic mass is 16.1. The van der Waals surface area contributed by atoms with E-state index in [2.05, 4.69) is 20.3 Å². The summed E-state index contributed by atoms with van der Waals surface area (Å²) in [6.07, 6.45) is 5.29. The summed E-state index contributed by atoms with van der Waals surface area (Å²) in [4.78, 5) is 33.7. The normalized spacial score (nSPS) is 14.0. The lowest BCUT2D eigenvalue weighted by atomic mass is 10.2. The van der Waals surface area contributed by atoms with E-state index in [1.54, 1.807) is 0 Å². The third-order valence-electron chi connectivity index (χ3n) is 3.22. The lowest BCUT2D eigenvalue weighted by Crippen LogP contribution is -2.24. The lowest BCUT2D eigenvalue weighted by molar-refractivity contribution is 0.0950. The molecule has 3 rings (SSSR count). The smallest absolute Gasteiger partial charge is 0.253 e. The number of hydrogen-bond donors (Lipinski definition) is 2. The summed E-state index contributed by atoms with van der Waals surface area (Å²) in [5, 5.41) is 2.77. The molecule has 0 unspecified atom stereocenters. The molecule has 6 nitrogen and oxygen atoms in total. The minimum atomic E-state index is -0.243. The quantitative estimate of drug-likeness (QED) is 0.866. The van der Waals surface area contributed by atoms with E-state index >= 15 is 0 Å². The third-order valence-corrected chi connectivity index (χ3v) is 3.22. The fraction of sp³-hybridized carbons (Fsp3) is 0.286. The predicted octanol–water partition coefficient (Wildman–Crippen LogP) is 0.972. The van der Waals surface area contributed by atoms with Crippen LogP contribution in [0, 0.1) is 0 Å². The number of nitrogens with zero attached hydrogens (tertiary/aromatic N) is 2. The Morgan fingerprint density at radius 3 is 2.90 bits per heavy atom. The van der Waals surface area contributed by atoms with Gasteiger partial charge in [-0.25, -0.2) is 9.97 Å². The molecule has 0 saturated heterocycles. The molecule has 0 radical (unpaired) electrons. The number of aromatic nitrogens is 3. The van der Waals surface area contributed by atoms with Crippen LogP contribution in [0.2, 0.25) is 0 Å². The van der Waals surface area contributed by atoms with Gasteiger partial charge in [-0.3, -0.25) is 9.59 Å². The van der Waals surface area contributed by atoms with Crippen molar-refractivity contribution in [1.82, 2.24) is 20.3 Å². The van der Waals surface area contributed by atoms with Crippen molar-refractivity contribution in [3.05, 3.63) is 58.0 Å². The number of aromatic amines is 1. The van der Waals surface area contributed by atoms with Crippen molar-refractivity contribution in [3.8, 4) is 0 Å². The number of carbonyl (C=O) groups excluding carboxylic acids is 1. The molecule has 2 heterocycles. The van der Waals surface area contributed by atoms with Crippen LogP contribution in [0.5, 0.6) is 0 Å². The van der Waals surface area contributed by atoms with E-state index in [1.165, 1.54) is 37.5 Å². The van der Waals surface area contributed by atoms with Crippen molar-refractivity contribution in [2.45, 2.75) is 25.3 Å². The summed E-state index contributed by atoms with van der Waals surface area (Å²) in [6, 6.07) is 4.75. The molecule has 0 aromatic carbocycles. The van der Waals surface area contributed by atoms with E-state index < -0.39 is 0 Å². The van der Waals surface area contributed by atoms with Crippen LogP contribution in [0.1, 0.15) is 40.5 Å². The number of nitrogens with one attached hydrogen (secondary N) is 2. The molecular weight excluding hydrogens is 256 g/mol. The van der Waals surface area contributed by atoms with Crippen LogP contribution in [0.25, 0.3) is 0 Å². The molecule has 1 saturated carbocycles. The molecule has 0 aliphatic heterocycles. The molecule has 1 aliphatic carbocycles. The maximum Gasteiger partial charge on any atom is 0.253 e. The predicted molar refractivity (Wildman–Crippen MR) is 72.2 cm³/mol. The standard InChI is InChI=1S/C14H14N4O2/c19-13-4-3-10(6-15-13)14(20)16-7-11-5-12(9-1-2-9)18-8-17-11/h3-6,8-9H,1-2,7H2,(H,15,19)(H,16,20). The van der Waals surface area contributed by atoms with E-state index in [1.807, 2.05) is 6.07 Å². The molecule has 2 aromatic heterocycles. The molecule has 1 amide bonds. The summed E-state index contributed by atoms with van der Waals surface area (Å²) in [7, 11) is 0. The molecule has 20 heavy (non-hydrogen) atoms. The van der Waals surface area contributed by atoms with E-state index in [0.29, 0.717) is 18.0 Å². The van der Waals surface area contributed by atoms with Gasteiger partial charge in [-0.2, -0.15) is 0 Å². The van der Waals surface area contributed by atoms with Crippen LogP contribution in [-0.4, -0.2) is 20.9 Å². The molecule has 6 heteroatoms. The molecule has 1 fully saturated rings. The number of carbonyl (C=O) groups is 1. The molecule has 0 atom stereocenters. The molecular formula is C14H14N4O2. The topological polar surface area (TPSA) is 87.7 Å². The van der Waals surface area contributed by atoms with Crippen LogP contribution in [0.15, 0.2) is 35.5 Å². The maximum atomic E-state index is 11.9. The first-order valence-electron chi connectivity index (χ1n) is 6.50. The van der Waals surface area contributed by atoms with Crippen molar-refractivity contribution in [2.24, 2.45) is 0 Å². The minimum absolute atomic E-state index is 0.230. The Kier molecular flexibility index (Phi) is 3.28. The Balaban J connectivity index is 1.63. The van der Waals surface area contributed by atoms with Crippen LogP contribution in [-0.2, 0) is 6.54 Å². The summed E-state index contributed by atoms with van der Waals surface area (Å²) in [5.74, 6) is 0.319. The van der Waals surface area contributed by atoms with Crippen LogP contribution in [0.4, 0.5) is 0 Å². The number of rotatable bonds is 4. The Labute approximate surface area is 115 Å². The third kappa shape index (κ3) is 2.90. The first kappa shape index (κ1) is 12.5. The second-order valence-electron chi connectivity index (χ2n) is 4.83. The van der Waals surface area contributed by atoms with Gasteiger partial charge in [-0.05, 0) is 25.0 Å². The summed E-state index contributed by atoms with van der Waals surface area (Å²) in [5.41, 5.74) is 2.03. The zero-order chi connectivity index (χ0) is 13.9. The lowest BCUT2D eigenvalue weighted by Gasteiger charge is -2.05. The van der Waals surface area contributed by atoms with Crippen molar-refractivity contribution >= 4 is 5.91 Å². The first-order chi connectivity index (χ1) is 9.72. The average Bonchev–Trinajstić information content (AvgIpc) is 3.30. The number of hydrogen-bond acceptors (Lipinski definition) is 4. The highest BCUT2D eigenvalue weighted by Gasteiger charge is 2.25. The molecule has 2 aromatic rings. The molecule has 102 valence electrons. The fourth-order valence-electron chi connectivity index (χ4n) is 1.94. The zero-order valence-corrected chi connectivity index (χ0v) is 10.8. The SMILES string of the molecule is O=C(NCc1cc(C2CC2)ncn1)c1ccc(=O)[nH]c1. The Morgan fingerprint density at radius 1 is 1.35 bits per heavy atom. The average molecular weight is 270 g/mol. The van der Waals surface area contributed by atoms with Gasteiger partial charge in [0.15, 0.2) is 0 Å². The number of pyridine rings is 1. The van der Waals surface area contributed by atoms with Gasteiger partial charge in [-0.1, -0.05) is 0 Å². The Hall–Kier alpha value is -2.50. The fourth-order valence-corrected chi connectivity index (χ4v) is 1.94. The number of H-pyrrole nitrogens is 1. The Bertz CT molecular complexity index is 671. The summed E-state index contributed by atoms with van der Waals surface area (Å²) >= 11 is 0. The molecule has 1 aliphatic rings. The molecule has 0 bridgehead atoms. The van der Waals surface area contributed by atoms with Crippen LogP contribution < -0.4 is 10.9 Å². The number of amides is 1. The van der Waals surface area contributed by atoms with E-state index in [-0.39, 0.29) is 11.5 Å². The van der Waals surface area contributed by atoms with Gasteiger partial charge in [0.25, 0.3) is 5.91 Å². The van der Waals surface area contributed by atoms with Gasteiger partial charge in [0, 0.05) is 23.9 Å². The highest BCUT2D eigenvalue weighted by molar-refractivity contribution is 5.93. The second-order valence-corrected chi connectivity index (χ2v) is 4.83. The highest BCUT2D eigenvalue weighted by Crippen LogP contribution is 2.38. The monoisotopic (exact) mass is 270 g/mol. The van der Waals surface area contributed by atoms with Gasteiger partial charge < -0.3 is 10.3 Å². The summed E-state index contributed by atoms with van der Waals surface area (Å²) in [6.45, 7) is 0.347. The van der Waals surface area contributed by atoms with E-state index in [4.69, 9.17) is 0 Å². The van der Waals surface area contributed by atoms with Gasteiger partial charge in [0.1, 0.15) is 6.33 Å². The summed E-state index contributed by atoms with van der Waals surface area (Å²) < 4.78 is 0. The van der Waals surface area contributed by atoms with Crippen LogP contribution >= 0.6 is 0 Å². The Morgan fingerprint density at radius 2 is 2.20 bits per heavy atom. The molecule has 2 N–H and O–H groups in total. The van der Waals surface area contributed by atoms with Crippen molar-refractivity contribution in [3.63, 3.8) is 0 Å². The van der Waals surface area contributed by atoms with Crippen molar-refractivity contribution in [2.75, 3.05) is 0 Å². The van der Waals surface area contributed by atoms with Gasteiger partial charge in [0.05, 0.1) is 17.8 Å². The van der Waals surface area contributed by atoms with Gasteiger partial charge in [0.2, 0.25) is 5.56 Å². The van der Waals surface area contributed by atoms with Crippen molar-refractivity contribution in [1.29, 1.82) is 0 Å². The molecule has 0 spiro atoms. The van der Waals surface area contributed by atoms with Crippen LogP contribution in [0.3, 0.4) is 0 Å². The maximum absolute atomic E-state index is 11.9. The largest absolute Gasteiger partial charge is 0.346 e. The van der Waals surface area contributed by atoms with Gasteiger partial charge >= 0.3 is 0 Å². The first-order valence-corrected chi connectivity index (χ1v) is 6.50. The van der Waals surface area contributed by atoms with Gasteiger partial charge in [-0.15, -0.1) is 0 Å². The zero-order valence-electron chi connectivity index (χ0n) is 10.8. The van der Waals surface area contributed by atoms with Crippen molar-refractivity contribution < 1.29 is 4.79 Å².